The summed E-state index contributed by atoms with van der Waals surface area (Å²) in [6.07, 6.45) is 1.73. The average molecular weight is 304 g/mol. The van der Waals surface area contributed by atoms with Crippen molar-refractivity contribution in [3.05, 3.63) is 58.7 Å². The number of benzene rings is 2. The molecule has 0 saturated heterocycles. The van der Waals surface area contributed by atoms with Crippen LogP contribution < -0.4 is 11.1 Å². The fraction of sp³-hybridized carbons (Fsp3) is 0. The van der Waals surface area contributed by atoms with Crippen LogP contribution in [0.1, 0.15) is 0 Å². The predicted octanol–water partition coefficient (Wildman–Crippen LogP) is 4.87. The third kappa shape index (κ3) is 2.38. The SMILES string of the molecule is Nc1cc(Cl)ccc1Nc1ccc(Cl)c2cccnc12. The Morgan fingerprint density at radius 1 is 1.00 bits per heavy atom. The Morgan fingerprint density at radius 3 is 2.60 bits per heavy atom. The molecule has 100 valence electrons. The second-order valence-corrected chi connectivity index (χ2v) is 5.19. The lowest BCUT2D eigenvalue weighted by atomic mass is 10.1. The summed E-state index contributed by atoms with van der Waals surface area (Å²) in [6, 6.07) is 12.8. The van der Waals surface area contributed by atoms with Gasteiger partial charge in [0.1, 0.15) is 0 Å². The molecule has 0 radical (unpaired) electrons. The van der Waals surface area contributed by atoms with Gasteiger partial charge in [-0.05, 0) is 42.5 Å². The van der Waals surface area contributed by atoms with Gasteiger partial charge in [-0.2, -0.15) is 0 Å². The van der Waals surface area contributed by atoms with E-state index in [4.69, 9.17) is 28.9 Å². The number of hydrogen-bond acceptors (Lipinski definition) is 3. The molecule has 2 aromatic carbocycles. The third-order valence-corrected chi connectivity index (χ3v) is 3.56. The van der Waals surface area contributed by atoms with Crippen LogP contribution in [0.4, 0.5) is 17.1 Å². The van der Waals surface area contributed by atoms with Gasteiger partial charge in [0, 0.05) is 16.6 Å². The molecule has 3 N–H and O–H groups in total. The molecule has 1 heterocycles. The maximum atomic E-state index is 6.17. The molecule has 0 bridgehead atoms. The first-order valence-electron chi connectivity index (χ1n) is 6.00. The zero-order valence-electron chi connectivity index (χ0n) is 10.4. The van der Waals surface area contributed by atoms with Gasteiger partial charge < -0.3 is 11.1 Å². The highest BCUT2D eigenvalue weighted by atomic mass is 35.5. The van der Waals surface area contributed by atoms with E-state index in [0.717, 1.165) is 22.3 Å². The Hall–Kier alpha value is -1.97. The second kappa shape index (κ2) is 5.19. The summed E-state index contributed by atoms with van der Waals surface area (Å²) in [7, 11) is 0. The van der Waals surface area contributed by atoms with Crippen molar-refractivity contribution < 1.29 is 0 Å². The average Bonchev–Trinajstić information content (AvgIpc) is 2.45. The third-order valence-electron chi connectivity index (χ3n) is 3.00. The maximum Gasteiger partial charge on any atom is 0.0951 e. The number of nitrogens with one attached hydrogen (secondary N) is 1. The van der Waals surface area contributed by atoms with Gasteiger partial charge in [-0.25, -0.2) is 0 Å². The van der Waals surface area contributed by atoms with E-state index in [-0.39, 0.29) is 0 Å². The van der Waals surface area contributed by atoms with E-state index in [2.05, 4.69) is 10.3 Å². The number of aromatic nitrogens is 1. The summed E-state index contributed by atoms with van der Waals surface area (Å²) < 4.78 is 0. The number of fused-ring (bicyclic) bond motifs is 1. The smallest absolute Gasteiger partial charge is 0.0951 e. The summed E-state index contributed by atoms with van der Waals surface area (Å²) >= 11 is 12.1. The predicted molar refractivity (Wildman–Crippen MR) is 85.9 cm³/mol. The van der Waals surface area contributed by atoms with Gasteiger partial charge in [0.25, 0.3) is 0 Å². The fourth-order valence-electron chi connectivity index (χ4n) is 2.03. The molecule has 0 unspecified atom stereocenters. The van der Waals surface area contributed by atoms with Crippen molar-refractivity contribution in [2.24, 2.45) is 0 Å². The highest BCUT2D eigenvalue weighted by Crippen LogP contribution is 2.32. The zero-order chi connectivity index (χ0) is 14.1. The van der Waals surface area contributed by atoms with Crippen LogP contribution >= 0.6 is 23.2 Å². The Balaban J connectivity index is 2.09. The van der Waals surface area contributed by atoms with Gasteiger partial charge in [-0.1, -0.05) is 23.2 Å². The monoisotopic (exact) mass is 303 g/mol. The Bertz CT molecular complexity index is 787. The summed E-state index contributed by atoms with van der Waals surface area (Å²) in [5.41, 5.74) is 8.96. The van der Waals surface area contributed by atoms with Crippen molar-refractivity contribution in [3.63, 3.8) is 0 Å². The molecule has 0 aliphatic heterocycles. The summed E-state index contributed by atoms with van der Waals surface area (Å²) in [5.74, 6) is 0. The summed E-state index contributed by atoms with van der Waals surface area (Å²) in [6.45, 7) is 0. The van der Waals surface area contributed by atoms with Crippen LogP contribution in [0.2, 0.25) is 10.0 Å². The van der Waals surface area contributed by atoms with Crippen molar-refractivity contribution in [1.82, 2.24) is 4.98 Å². The normalized spacial score (nSPS) is 10.7. The molecule has 3 aromatic rings. The molecule has 0 atom stereocenters. The van der Waals surface area contributed by atoms with Crippen molar-refractivity contribution in [2.75, 3.05) is 11.1 Å². The van der Waals surface area contributed by atoms with Crippen LogP contribution in [0.5, 0.6) is 0 Å². The fourth-order valence-corrected chi connectivity index (χ4v) is 2.43. The molecule has 0 spiro atoms. The minimum absolute atomic E-state index is 0.580. The van der Waals surface area contributed by atoms with Crippen LogP contribution in [0.3, 0.4) is 0 Å². The summed E-state index contributed by atoms with van der Waals surface area (Å²) in [5, 5.41) is 5.43. The first-order valence-corrected chi connectivity index (χ1v) is 6.76. The molecular formula is C15H11Cl2N3. The van der Waals surface area contributed by atoms with E-state index in [9.17, 15) is 0 Å². The lowest BCUT2D eigenvalue weighted by molar-refractivity contribution is 1.40. The molecule has 0 saturated carbocycles. The number of rotatable bonds is 2. The largest absolute Gasteiger partial charge is 0.397 e. The van der Waals surface area contributed by atoms with Crippen molar-refractivity contribution in [3.8, 4) is 0 Å². The van der Waals surface area contributed by atoms with Gasteiger partial charge in [0.2, 0.25) is 0 Å². The molecular weight excluding hydrogens is 293 g/mol. The van der Waals surface area contributed by atoms with Crippen LogP contribution in [-0.2, 0) is 0 Å². The van der Waals surface area contributed by atoms with Gasteiger partial charge in [-0.15, -0.1) is 0 Å². The molecule has 1 aromatic heterocycles. The van der Waals surface area contributed by atoms with Crippen LogP contribution in [0.25, 0.3) is 10.9 Å². The highest BCUT2D eigenvalue weighted by Gasteiger charge is 2.07. The number of halogens is 2. The van der Waals surface area contributed by atoms with Crippen LogP contribution in [0, 0.1) is 0 Å². The quantitative estimate of drug-likeness (QED) is 0.664. The second-order valence-electron chi connectivity index (χ2n) is 4.35. The topological polar surface area (TPSA) is 50.9 Å². The van der Waals surface area contributed by atoms with Gasteiger partial charge in [0.05, 0.1) is 27.6 Å². The number of nitrogens with two attached hydrogens (primary N) is 1. The Morgan fingerprint density at radius 2 is 1.80 bits per heavy atom. The molecule has 0 aliphatic carbocycles. The van der Waals surface area contributed by atoms with Crippen molar-refractivity contribution in [1.29, 1.82) is 0 Å². The molecule has 3 nitrogen and oxygen atoms in total. The first kappa shape index (κ1) is 13.0. The standard InChI is InChI=1S/C15H11Cl2N3/c16-9-3-5-13(12(18)8-9)20-14-6-4-11(17)10-2-1-7-19-15(10)14/h1-8,20H,18H2. The number of nitrogen functional groups attached to an aromatic ring is 1. The zero-order valence-corrected chi connectivity index (χ0v) is 11.9. The lowest BCUT2D eigenvalue weighted by Gasteiger charge is -2.12. The Labute approximate surface area is 126 Å². The number of pyridine rings is 1. The number of nitrogens with zero attached hydrogens (tertiary/aromatic N) is 1. The molecule has 0 aliphatic rings. The summed E-state index contributed by atoms with van der Waals surface area (Å²) in [4.78, 5) is 4.37. The maximum absolute atomic E-state index is 6.17. The van der Waals surface area contributed by atoms with Crippen molar-refractivity contribution >= 4 is 51.2 Å². The lowest BCUT2D eigenvalue weighted by Crippen LogP contribution is -1.97. The minimum atomic E-state index is 0.580. The molecule has 3 rings (SSSR count). The van der Waals surface area contributed by atoms with E-state index in [1.54, 1.807) is 18.3 Å². The van der Waals surface area contributed by atoms with E-state index in [1.165, 1.54) is 0 Å². The van der Waals surface area contributed by atoms with Crippen LogP contribution in [-0.4, -0.2) is 4.98 Å². The Kier molecular flexibility index (Phi) is 3.38. The van der Waals surface area contributed by atoms with Gasteiger partial charge in [0.15, 0.2) is 0 Å². The van der Waals surface area contributed by atoms with Crippen molar-refractivity contribution in [2.45, 2.75) is 0 Å². The van der Waals surface area contributed by atoms with E-state index >= 15 is 0 Å². The van der Waals surface area contributed by atoms with E-state index < -0.39 is 0 Å². The molecule has 0 fully saturated rings. The van der Waals surface area contributed by atoms with E-state index in [1.807, 2.05) is 30.3 Å². The first-order chi connectivity index (χ1) is 9.65. The highest BCUT2D eigenvalue weighted by molar-refractivity contribution is 6.35. The minimum Gasteiger partial charge on any atom is -0.397 e. The number of anilines is 3. The van der Waals surface area contributed by atoms with Gasteiger partial charge in [-0.3, -0.25) is 4.98 Å². The molecule has 0 amide bonds. The van der Waals surface area contributed by atoms with E-state index in [0.29, 0.717) is 15.7 Å². The van der Waals surface area contributed by atoms with Crippen LogP contribution in [0.15, 0.2) is 48.7 Å². The molecule has 20 heavy (non-hydrogen) atoms. The number of hydrogen-bond donors (Lipinski definition) is 2. The van der Waals surface area contributed by atoms with Gasteiger partial charge >= 0.3 is 0 Å². The molecule has 5 heteroatoms.